The Morgan fingerprint density at radius 2 is 2.19 bits per heavy atom. The minimum absolute atomic E-state index is 0.0403. The maximum atomic E-state index is 13.1. The zero-order valence-electron chi connectivity index (χ0n) is 11.8. The van der Waals surface area contributed by atoms with Gasteiger partial charge >= 0.3 is 0 Å². The van der Waals surface area contributed by atoms with Crippen molar-refractivity contribution in [2.75, 3.05) is 19.7 Å². The summed E-state index contributed by atoms with van der Waals surface area (Å²) >= 11 is 5.68. The van der Waals surface area contributed by atoms with Gasteiger partial charge in [-0.25, -0.2) is 17.1 Å². The third-order valence-electron chi connectivity index (χ3n) is 3.85. The fourth-order valence-electron chi connectivity index (χ4n) is 2.56. The summed E-state index contributed by atoms with van der Waals surface area (Å²) in [6.07, 6.45) is 1.53. The predicted molar refractivity (Wildman–Crippen MR) is 80.0 cm³/mol. The van der Waals surface area contributed by atoms with Crippen LogP contribution < -0.4 is 0 Å². The van der Waals surface area contributed by atoms with Gasteiger partial charge in [0, 0.05) is 25.1 Å². The summed E-state index contributed by atoms with van der Waals surface area (Å²) in [5.41, 5.74) is 0.0591. The number of hydrogen-bond acceptors (Lipinski definition) is 3. The van der Waals surface area contributed by atoms with E-state index in [2.05, 4.69) is 0 Å². The molecule has 1 saturated heterocycles. The number of halogens is 2. The van der Waals surface area contributed by atoms with Crippen LogP contribution in [-0.4, -0.2) is 37.5 Å². The van der Waals surface area contributed by atoms with Crippen molar-refractivity contribution in [2.24, 2.45) is 5.41 Å². The maximum absolute atomic E-state index is 13.1. The molecular formula is C14H19ClFNO3S. The lowest BCUT2D eigenvalue weighted by Crippen LogP contribution is -2.46. The van der Waals surface area contributed by atoms with Crippen LogP contribution in [0, 0.1) is 11.2 Å². The highest BCUT2D eigenvalue weighted by atomic mass is 35.5. The molecule has 118 valence electrons. The second-order valence-corrected chi connectivity index (χ2v) is 8.29. The van der Waals surface area contributed by atoms with Crippen molar-refractivity contribution in [3.8, 4) is 0 Å². The number of rotatable bonds is 4. The summed E-state index contributed by atoms with van der Waals surface area (Å²) in [5, 5.41) is 9.33. The molecule has 0 unspecified atom stereocenters. The van der Waals surface area contributed by atoms with E-state index >= 15 is 0 Å². The van der Waals surface area contributed by atoms with Crippen LogP contribution in [0.25, 0.3) is 0 Å². The molecular weight excluding hydrogens is 317 g/mol. The molecule has 4 nitrogen and oxygen atoms in total. The van der Waals surface area contributed by atoms with Crippen LogP contribution in [0.4, 0.5) is 4.39 Å². The molecule has 0 bridgehead atoms. The average Bonchev–Trinajstić information content (AvgIpc) is 2.43. The molecule has 21 heavy (non-hydrogen) atoms. The van der Waals surface area contributed by atoms with Crippen molar-refractivity contribution >= 4 is 21.6 Å². The molecule has 0 aromatic heterocycles. The molecule has 2 rings (SSSR count). The highest BCUT2D eigenvalue weighted by Gasteiger charge is 2.35. The zero-order chi connectivity index (χ0) is 15.7. The van der Waals surface area contributed by atoms with Gasteiger partial charge in [-0.2, -0.15) is 0 Å². The van der Waals surface area contributed by atoms with Crippen LogP contribution >= 0.6 is 11.6 Å². The Balaban J connectivity index is 2.16. The van der Waals surface area contributed by atoms with Crippen LogP contribution in [0.5, 0.6) is 0 Å². The van der Waals surface area contributed by atoms with E-state index in [1.807, 2.05) is 6.92 Å². The van der Waals surface area contributed by atoms with Crippen molar-refractivity contribution in [1.29, 1.82) is 0 Å². The van der Waals surface area contributed by atoms with E-state index in [-0.39, 0.29) is 17.4 Å². The van der Waals surface area contributed by atoms with E-state index in [1.54, 1.807) is 0 Å². The van der Waals surface area contributed by atoms with E-state index in [9.17, 15) is 17.9 Å². The first-order valence-electron chi connectivity index (χ1n) is 6.78. The number of aliphatic hydroxyl groups excluding tert-OH is 1. The SMILES string of the molecule is C[C@]1(CO)CCCN(S(=O)(=O)Cc2ccc(F)c(Cl)c2)C1. The van der Waals surface area contributed by atoms with Gasteiger partial charge in [0.05, 0.1) is 10.8 Å². The van der Waals surface area contributed by atoms with Gasteiger partial charge in [0.2, 0.25) is 10.0 Å². The summed E-state index contributed by atoms with van der Waals surface area (Å²) < 4.78 is 39.4. The molecule has 7 heteroatoms. The van der Waals surface area contributed by atoms with Crippen molar-refractivity contribution in [3.63, 3.8) is 0 Å². The Labute approximate surface area is 129 Å². The third kappa shape index (κ3) is 3.94. The monoisotopic (exact) mass is 335 g/mol. The number of piperidine rings is 1. The maximum Gasteiger partial charge on any atom is 0.218 e. The van der Waals surface area contributed by atoms with E-state index in [1.165, 1.54) is 22.5 Å². The lowest BCUT2D eigenvalue weighted by Gasteiger charge is -2.38. The van der Waals surface area contributed by atoms with Crippen molar-refractivity contribution in [1.82, 2.24) is 4.31 Å². The standard InChI is InChI=1S/C14H19ClFNO3S/c1-14(10-18)5-2-6-17(9-14)21(19,20)8-11-3-4-13(16)12(15)7-11/h3-4,7,18H,2,5-6,8-10H2,1H3/t14-/m0/s1. The zero-order valence-corrected chi connectivity index (χ0v) is 13.4. The highest BCUT2D eigenvalue weighted by Crippen LogP contribution is 2.31. The number of sulfonamides is 1. The molecule has 0 saturated carbocycles. The number of hydrogen-bond donors (Lipinski definition) is 1. The average molecular weight is 336 g/mol. The second kappa shape index (κ2) is 6.20. The molecule has 0 spiro atoms. The van der Waals surface area contributed by atoms with Crippen LogP contribution in [-0.2, 0) is 15.8 Å². The molecule has 1 aliphatic heterocycles. The quantitative estimate of drug-likeness (QED) is 0.919. The molecule has 1 fully saturated rings. The van der Waals surface area contributed by atoms with Gasteiger partial charge in [0.1, 0.15) is 5.82 Å². The lowest BCUT2D eigenvalue weighted by molar-refractivity contribution is 0.0810. The molecule has 1 N–H and O–H groups in total. The number of aliphatic hydroxyl groups is 1. The topological polar surface area (TPSA) is 57.6 Å². The first-order valence-corrected chi connectivity index (χ1v) is 8.77. The van der Waals surface area contributed by atoms with Crippen molar-refractivity contribution in [3.05, 3.63) is 34.6 Å². The van der Waals surface area contributed by atoms with Crippen LogP contribution in [0.1, 0.15) is 25.3 Å². The summed E-state index contributed by atoms with van der Waals surface area (Å²) in [6.45, 7) is 2.60. The Bertz CT molecular complexity index is 623. The Morgan fingerprint density at radius 1 is 1.48 bits per heavy atom. The molecule has 1 aromatic carbocycles. The summed E-state index contributed by atoms with van der Waals surface area (Å²) in [4.78, 5) is 0. The van der Waals surface area contributed by atoms with Gasteiger partial charge < -0.3 is 5.11 Å². The van der Waals surface area contributed by atoms with Gasteiger partial charge in [0.15, 0.2) is 0 Å². The largest absolute Gasteiger partial charge is 0.396 e. The van der Waals surface area contributed by atoms with Gasteiger partial charge in [-0.05, 0) is 30.5 Å². The van der Waals surface area contributed by atoms with Gasteiger partial charge in [0.25, 0.3) is 0 Å². The smallest absolute Gasteiger partial charge is 0.218 e. The first-order chi connectivity index (χ1) is 9.76. The van der Waals surface area contributed by atoms with E-state index < -0.39 is 21.3 Å². The molecule has 1 heterocycles. The van der Waals surface area contributed by atoms with Crippen LogP contribution in [0.15, 0.2) is 18.2 Å². The third-order valence-corrected chi connectivity index (χ3v) is 5.94. The van der Waals surface area contributed by atoms with Crippen molar-refractivity contribution < 1.29 is 17.9 Å². The molecule has 1 atom stereocenters. The fourth-order valence-corrected chi connectivity index (χ4v) is 4.47. The highest BCUT2D eigenvalue weighted by molar-refractivity contribution is 7.88. The van der Waals surface area contributed by atoms with Crippen LogP contribution in [0.3, 0.4) is 0 Å². The normalized spacial score (nSPS) is 24.2. The number of benzene rings is 1. The van der Waals surface area contributed by atoms with Gasteiger partial charge in [-0.1, -0.05) is 24.6 Å². The minimum atomic E-state index is -3.51. The molecule has 0 aliphatic carbocycles. The summed E-state index contributed by atoms with van der Waals surface area (Å²) in [5.74, 6) is -0.780. The molecule has 0 amide bonds. The summed E-state index contributed by atoms with van der Waals surface area (Å²) in [7, 11) is -3.51. The second-order valence-electron chi connectivity index (χ2n) is 5.91. The molecule has 1 aromatic rings. The summed E-state index contributed by atoms with van der Waals surface area (Å²) in [6, 6.07) is 3.93. The predicted octanol–water partition coefficient (Wildman–Crippen LogP) is 2.40. The Kier molecular flexibility index (Phi) is 4.92. The van der Waals surface area contributed by atoms with E-state index in [0.29, 0.717) is 18.7 Å². The Hall–Kier alpha value is -0.690. The van der Waals surface area contributed by atoms with Gasteiger partial charge in [-0.3, -0.25) is 0 Å². The fraction of sp³-hybridized carbons (Fsp3) is 0.571. The van der Waals surface area contributed by atoms with E-state index in [0.717, 1.165) is 12.8 Å². The van der Waals surface area contributed by atoms with Crippen molar-refractivity contribution in [2.45, 2.75) is 25.5 Å². The lowest BCUT2D eigenvalue weighted by atomic mass is 9.84. The van der Waals surface area contributed by atoms with E-state index in [4.69, 9.17) is 11.6 Å². The molecule has 1 aliphatic rings. The van der Waals surface area contributed by atoms with Crippen LogP contribution in [0.2, 0.25) is 5.02 Å². The van der Waals surface area contributed by atoms with Gasteiger partial charge in [-0.15, -0.1) is 0 Å². The molecule has 0 radical (unpaired) electrons. The number of nitrogens with zero attached hydrogens (tertiary/aromatic N) is 1. The Morgan fingerprint density at radius 3 is 2.81 bits per heavy atom. The first kappa shape index (κ1) is 16.7. The minimum Gasteiger partial charge on any atom is -0.396 e.